The highest BCUT2D eigenvalue weighted by Crippen LogP contribution is 2.36. The fraction of sp³-hybridized carbons (Fsp3) is 0.611. The number of rotatable bonds is 7. The van der Waals surface area contributed by atoms with E-state index >= 15 is 0 Å². The zero-order chi connectivity index (χ0) is 16.2. The second-order valence-electron chi connectivity index (χ2n) is 6.83. The first-order valence-corrected chi connectivity index (χ1v) is 8.09. The molecule has 0 aliphatic carbocycles. The molecule has 1 aliphatic heterocycles. The van der Waals surface area contributed by atoms with Crippen molar-refractivity contribution in [3.63, 3.8) is 0 Å². The van der Waals surface area contributed by atoms with Crippen molar-refractivity contribution in [2.45, 2.75) is 52.4 Å². The molecule has 1 amide bonds. The van der Waals surface area contributed by atoms with Gasteiger partial charge in [-0.3, -0.25) is 4.79 Å². The molecule has 0 radical (unpaired) electrons. The van der Waals surface area contributed by atoms with Gasteiger partial charge in [0.1, 0.15) is 0 Å². The summed E-state index contributed by atoms with van der Waals surface area (Å²) in [5.41, 5.74) is 0.989. The molecule has 122 valence electrons. The molecule has 1 aromatic carbocycles. The van der Waals surface area contributed by atoms with Gasteiger partial charge in [-0.2, -0.15) is 0 Å². The molecule has 1 heterocycles. The van der Waals surface area contributed by atoms with Crippen molar-refractivity contribution in [2.24, 2.45) is 5.92 Å². The molecule has 4 nitrogen and oxygen atoms in total. The average molecular weight is 305 g/mol. The minimum Gasteiger partial charge on any atom is -0.454 e. The van der Waals surface area contributed by atoms with Gasteiger partial charge in [-0.25, -0.2) is 0 Å². The van der Waals surface area contributed by atoms with Crippen LogP contribution in [0.25, 0.3) is 0 Å². The molecular weight excluding hydrogens is 278 g/mol. The molecule has 0 aromatic heterocycles. The van der Waals surface area contributed by atoms with E-state index in [4.69, 9.17) is 9.47 Å². The van der Waals surface area contributed by atoms with E-state index in [0.29, 0.717) is 18.9 Å². The Balaban J connectivity index is 1.92. The lowest BCUT2D eigenvalue weighted by atomic mass is 9.84. The van der Waals surface area contributed by atoms with Gasteiger partial charge in [-0.1, -0.05) is 46.6 Å². The van der Waals surface area contributed by atoms with Crippen LogP contribution in [0.1, 0.15) is 52.5 Å². The summed E-state index contributed by atoms with van der Waals surface area (Å²) >= 11 is 0. The summed E-state index contributed by atoms with van der Waals surface area (Å²) in [5, 5.41) is 3.07. The normalized spacial score (nSPS) is 14.7. The van der Waals surface area contributed by atoms with E-state index in [1.807, 2.05) is 18.2 Å². The third-order valence-electron chi connectivity index (χ3n) is 4.20. The second-order valence-corrected chi connectivity index (χ2v) is 6.83. The summed E-state index contributed by atoms with van der Waals surface area (Å²) in [4.78, 5) is 12.0. The quantitative estimate of drug-likeness (QED) is 0.836. The van der Waals surface area contributed by atoms with Crippen LogP contribution in [0.2, 0.25) is 0 Å². The number of hydrogen-bond acceptors (Lipinski definition) is 3. The molecule has 1 atom stereocenters. The summed E-state index contributed by atoms with van der Waals surface area (Å²) in [6, 6.07) is 5.98. The van der Waals surface area contributed by atoms with Crippen molar-refractivity contribution >= 4 is 5.91 Å². The number of carbonyl (C=O) groups is 1. The van der Waals surface area contributed by atoms with Crippen LogP contribution in [0, 0.1) is 5.92 Å². The Labute approximate surface area is 133 Å². The van der Waals surface area contributed by atoms with E-state index in [1.54, 1.807) is 0 Å². The summed E-state index contributed by atoms with van der Waals surface area (Å²) in [7, 11) is 0. The van der Waals surface area contributed by atoms with Gasteiger partial charge in [0.15, 0.2) is 11.5 Å². The second kappa shape index (κ2) is 7.03. The van der Waals surface area contributed by atoms with Crippen molar-refractivity contribution in [3.05, 3.63) is 23.8 Å². The van der Waals surface area contributed by atoms with Gasteiger partial charge in [0.05, 0.1) is 0 Å². The summed E-state index contributed by atoms with van der Waals surface area (Å²) < 4.78 is 10.8. The molecule has 1 unspecified atom stereocenters. The SMILES string of the molecule is CCCC(C)CC(=O)NCC(C)(C)c1ccc2c(c1)OCO2. The Morgan fingerprint density at radius 2 is 2.05 bits per heavy atom. The Morgan fingerprint density at radius 3 is 2.77 bits per heavy atom. The maximum atomic E-state index is 12.0. The zero-order valence-corrected chi connectivity index (χ0v) is 14.1. The molecule has 1 aromatic rings. The molecule has 22 heavy (non-hydrogen) atoms. The van der Waals surface area contributed by atoms with Crippen LogP contribution in [0.4, 0.5) is 0 Å². The van der Waals surface area contributed by atoms with Gasteiger partial charge >= 0.3 is 0 Å². The van der Waals surface area contributed by atoms with Crippen LogP contribution in [0.3, 0.4) is 0 Å². The molecular formula is C18H27NO3. The van der Waals surface area contributed by atoms with E-state index in [2.05, 4.69) is 33.0 Å². The highest BCUT2D eigenvalue weighted by molar-refractivity contribution is 5.76. The first-order valence-electron chi connectivity index (χ1n) is 8.09. The van der Waals surface area contributed by atoms with Gasteiger partial charge in [-0.15, -0.1) is 0 Å². The van der Waals surface area contributed by atoms with Gasteiger partial charge in [0.2, 0.25) is 12.7 Å². The molecule has 4 heteroatoms. The number of ether oxygens (including phenoxy) is 2. The maximum Gasteiger partial charge on any atom is 0.231 e. The van der Waals surface area contributed by atoms with E-state index < -0.39 is 0 Å². The Bertz CT molecular complexity index is 525. The van der Waals surface area contributed by atoms with Crippen LogP contribution < -0.4 is 14.8 Å². The molecule has 0 saturated carbocycles. The largest absolute Gasteiger partial charge is 0.454 e. The first-order chi connectivity index (χ1) is 10.4. The standard InChI is InChI=1S/C18H27NO3/c1-5-6-13(2)9-17(20)19-11-18(3,4)14-7-8-15-16(10-14)22-12-21-15/h7-8,10,13H,5-6,9,11-12H2,1-4H3,(H,19,20). The van der Waals surface area contributed by atoms with Gasteiger partial charge in [0, 0.05) is 18.4 Å². The molecule has 1 aliphatic rings. The van der Waals surface area contributed by atoms with Crippen molar-refractivity contribution in [1.82, 2.24) is 5.32 Å². The van der Waals surface area contributed by atoms with E-state index in [-0.39, 0.29) is 18.1 Å². The summed E-state index contributed by atoms with van der Waals surface area (Å²) in [6.45, 7) is 9.43. The number of fused-ring (bicyclic) bond motifs is 1. The van der Waals surface area contributed by atoms with Crippen molar-refractivity contribution in [1.29, 1.82) is 0 Å². The predicted molar refractivity (Wildman–Crippen MR) is 87.3 cm³/mol. The Kier molecular flexibility index (Phi) is 5.33. The highest BCUT2D eigenvalue weighted by atomic mass is 16.7. The lowest BCUT2D eigenvalue weighted by molar-refractivity contribution is -0.122. The number of hydrogen-bond donors (Lipinski definition) is 1. The number of carbonyl (C=O) groups excluding carboxylic acids is 1. The van der Waals surface area contributed by atoms with E-state index in [9.17, 15) is 4.79 Å². The third kappa shape index (κ3) is 4.15. The first kappa shape index (κ1) is 16.7. The average Bonchev–Trinajstić information content (AvgIpc) is 2.93. The van der Waals surface area contributed by atoms with Crippen LogP contribution in [-0.4, -0.2) is 19.2 Å². The lowest BCUT2D eigenvalue weighted by Crippen LogP contribution is -2.37. The molecule has 0 fully saturated rings. The van der Waals surface area contributed by atoms with Crippen molar-refractivity contribution < 1.29 is 14.3 Å². The molecule has 2 rings (SSSR count). The molecule has 0 saturated heterocycles. The topological polar surface area (TPSA) is 47.6 Å². The number of nitrogens with one attached hydrogen (secondary N) is 1. The molecule has 0 spiro atoms. The highest BCUT2D eigenvalue weighted by Gasteiger charge is 2.24. The number of amides is 1. The Morgan fingerprint density at radius 1 is 1.32 bits per heavy atom. The number of benzene rings is 1. The van der Waals surface area contributed by atoms with Crippen molar-refractivity contribution in [2.75, 3.05) is 13.3 Å². The van der Waals surface area contributed by atoms with Gasteiger partial charge < -0.3 is 14.8 Å². The Hall–Kier alpha value is -1.71. The predicted octanol–water partition coefficient (Wildman–Crippen LogP) is 3.64. The van der Waals surface area contributed by atoms with E-state index in [1.165, 1.54) is 0 Å². The fourth-order valence-corrected chi connectivity index (χ4v) is 2.72. The lowest BCUT2D eigenvalue weighted by Gasteiger charge is -2.26. The van der Waals surface area contributed by atoms with Crippen molar-refractivity contribution in [3.8, 4) is 11.5 Å². The third-order valence-corrected chi connectivity index (χ3v) is 4.20. The van der Waals surface area contributed by atoms with Crippen LogP contribution >= 0.6 is 0 Å². The monoisotopic (exact) mass is 305 g/mol. The summed E-state index contributed by atoms with van der Waals surface area (Å²) in [6.07, 6.45) is 2.82. The van der Waals surface area contributed by atoms with Gasteiger partial charge in [0.25, 0.3) is 0 Å². The zero-order valence-electron chi connectivity index (χ0n) is 14.1. The van der Waals surface area contributed by atoms with Gasteiger partial charge in [-0.05, 0) is 23.6 Å². The molecule has 1 N–H and O–H groups in total. The van der Waals surface area contributed by atoms with E-state index in [0.717, 1.165) is 29.9 Å². The minimum atomic E-state index is -0.148. The van der Waals surface area contributed by atoms with Crippen LogP contribution in [0.5, 0.6) is 11.5 Å². The maximum absolute atomic E-state index is 12.0. The molecule has 0 bridgehead atoms. The smallest absolute Gasteiger partial charge is 0.231 e. The fourth-order valence-electron chi connectivity index (χ4n) is 2.72. The van der Waals surface area contributed by atoms with Crippen LogP contribution in [-0.2, 0) is 10.2 Å². The minimum absolute atomic E-state index is 0.134. The summed E-state index contributed by atoms with van der Waals surface area (Å²) in [5.74, 6) is 2.15. The van der Waals surface area contributed by atoms with Crippen LogP contribution in [0.15, 0.2) is 18.2 Å².